The Labute approximate surface area is 181 Å². The van der Waals surface area contributed by atoms with E-state index in [1.807, 2.05) is 30.3 Å². The zero-order valence-corrected chi connectivity index (χ0v) is 18.2. The SMILES string of the molecule is CC(NC(=O)C(CO)NCc1ccccc1)C(=O)C(N)(CC(=O)OC(C)(C)C)C(=O)O. The van der Waals surface area contributed by atoms with Crippen molar-refractivity contribution in [3.63, 3.8) is 0 Å². The molecular formula is C21H31N3O7. The van der Waals surface area contributed by atoms with E-state index in [4.69, 9.17) is 10.5 Å². The highest BCUT2D eigenvalue weighted by Crippen LogP contribution is 2.17. The van der Waals surface area contributed by atoms with Gasteiger partial charge in [0, 0.05) is 6.54 Å². The number of Topliss-reactive ketones (excluding diaryl/α,β-unsaturated/α-hetero) is 1. The Morgan fingerprint density at radius 3 is 2.19 bits per heavy atom. The minimum Gasteiger partial charge on any atom is -0.480 e. The van der Waals surface area contributed by atoms with Crippen LogP contribution in [0.15, 0.2) is 30.3 Å². The Kier molecular flexibility index (Phi) is 9.29. The zero-order chi connectivity index (χ0) is 23.8. The molecule has 10 nitrogen and oxygen atoms in total. The second-order valence-corrected chi connectivity index (χ2v) is 8.24. The summed E-state index contributed by atoms with van der Waals surface area (Å²) in [7, 11) is 0. The third-order valence-electron chi connectivity index (χ3n) is 4.31. The van der Waals surface area contributed by atoms with Crippen LogP contribution in [0.2, 0.25) is 0 Å². The number of carboxylic acid groups (broad SMARTS) is 1. The molecule has 1 aromatic carbocycles. The van der Waals surface area contributed by atoms with E-state index in [1.165, 1.54) is 6.92 Å². The summed E-state index contributed by atoms with van der Waals surface area (Å²) < 4.78 is 5.06. The molecule has 0 aliphatic carbocycles. The zero-order valence-electron chi connectivity index (χ0n) is 18.2. The summed E-state index contributed by atoms with van der Waals surface area (Å²) in [5, 5.41) is 24.2. The number of hydrogen-bond acceptors (Lipinski definition) is 8. The summed E-state index contributed by atoms with van der Waals surface area (Å²) in [6.07, 6.45) is -0.895. The number of hydrogen-bond donors (Lipinski definition) is 5. The number of nitrogens with two attached hydrogens (primary N) is 1. The highest BCUT2D eigenvalue weighted by molar-refractivity contribution is 6.12. The van der Waals surface area contributed by atoms with E-state index in [2.05, 4.69) is 10.6 Å². The Bertz CT molecular complexity index is 792. The maximum absolute atomic E-state index is 12.7. The molecule has 1 amide bonds. The molecule has 0 aliphatic rings. The van der Waals surface area contributed by atoms with Gasteiger partial charge in [0.05, 0.1) is 19.1 Å². The van der Waals surface area contributed by atoms with E-state index in [0.717, 1.165) is 5.56 Å². The van der Waals surface area contributed by atoms with Gasteiger partial charge in [-0.1, -0.05) is 30.3 Å². The molecule has 0 saturated heterocycles. The largest absolute Gasteiger partial charge is 0.480 e. The molecule has 0 aromatic heterocycles. The van der Waals surface area contributed by atoms with Gasteiger partial charge in [0.2, 0.25) is 5.91 Å². The number of ketones is 1. The average molecular weight is 437 g/mol. The summed E-state index contributed by atoms with van der Waals surface area (Å²) in [4.78, 5) is 48.9. The van der Waals surface area contributed by atoms with Gasteiger partial charge in [-0.2, -0.15) is 0 Å². The van der Waals surface area contributed by atoms with E-state index in [0.29, 0.717) is 0 Å². The number of aliphatic carboxylic acids is 1. The maximum Gasteiger partial charge on any atom is 0.332 e. The van der Waals surface area contributed by atoms with Crippen molar-refractivity contribution in [3.05, 3.63) is 35.9 Å². The van der Waals surface area contributed by atoms with Gasteiger partial charge in [-0.25, -0.2) is 4.79 Å². The number of aliphatic hydroxyl groups is 1. The lowest BCUT2D eigenvalue weighted by atomic mass is 9.87. The van der Waals surface area contributed by atoms with Crippen LogP contribution in [0.3, 0.4) is 0 Å². The molecule has 0 saturated carbocycles. The molecule has 172 valence electrons. The number of benzene rings is 1. The van der Waals surface area contributed by atoms with Gasteiger partial charge < -0.3 is 26.0 Å². The number of carbonyl (C=O) groups excluding carboxylic acids is 3. The van der Waals surface area contributed by atoms with Crippen molar-refractivity contribution >= 4 is 23.6 Å². The molecule has 0 spiro atoms. The van der Waals surface area contributed by atoms with Crippen molar-refractivity contribution in [2.45, 2.75) is 63.9 Å². The first kappa shape index (κ1) is 26.2. The van der Waals surface area contributed by atoms with Crippen LogP contribution in [0.25, 0.3) is 0 Å². The van der Waals surface area contributed by atoms with Gasteiger partial charge in [0.25, 0.3) is 0 Å². The monoisotopic (exact) mass is 437 g/mol. The Balaban J connectivity index is 2.81. The van der Waals surface area contributed by atoms with E-state index in [9.17, 15) is 29.4 Å². The van der Waals surface area contributed by atoms with Gasteiger partial charge in [0.15, 0.2) is 11.3 Å². The molecule has 1 aromatic rings. The van der Waals surface area contributed by atoms with Crippen molar-refractivity contribution < 1.29 is 34.1 Å². The van der Waals surface area contributed by atoms with E-state index < -0.39 is 59.9 Å². The van der Waals surface area contributed by atoms with Crippen molar-refractivity contribution in [1.29, 1.82) is 0 Å². The first-order valence-electron chi connectivity index (χ1n) is 9.77. The number of carboxylic acids is 1. The first-order chi connectivity index (χ1) is 14.3. The quantitative estimate of drug-likeness (QED) is 0.231. The molecule has 3 atom stereocenters. The summed E-state index contributed by atoms with van der Waals surface area (Å²) >= 11 is 0. The predicted molar refractivity (Wildman–Crippen MR) is 112 cm³/mol. The van der Waals surface area contributed by atoms with Gasteiger partial charge in [-0.15, -0.1) is 0 Å². The summed E-state index contributed by atoms with van der Waals surface area (Å²) in [5.41, 5.74) is 3.16. The molecule has 0 heterocycles. The van der Waals surface area contributed by atoms with Crippen LogP contribution in [0.4, 0.5) is 0 Å². The lowest BCUT2D eigenvalue weighted by Crippen LogP contribution is -2.63. The highest BCUT2D eigenvalue weighted by atomic mass is 16.6. The second-order valence-electron chi connectivity index (χ2n) is 8.24. The number of carbonyl (C=O) groups is 4. The number of ether oxygens (including phenoxy) is 1. The van der Waals surface area contributed by atoms with Crippen LogP contribution >= 0.6 is 0 Å². The molecule has 31 heavy (non-hydrogen) atoms. The molecule has 1 rings (SSSR count). The fraction of sp³-hybridized carbons (Fsp3) is 0.524. The summed E-state index contributed by atoms with van der Waals surface area (Å²) in [6.45, 7) is 5.76. The number of esters is 1. The average Bonchev–Trinajstić information content (AvgIpc) is 2.66. The summed E-state index contributed by atoms with van der Waals surface area (Å²) in [5.74, 6) is -4.46. The minimum absolute atomic E-state index is 0.288. The fourth-order valence-corrected chi connectivity index (χ4v) is 2.72. The third-order valence-corrected chi connectivity index (χ3v) is 4.31. The van der Waals surface area contributed by atoms with E-state index >= 15 is 0 Å². The lowest BCUT2D eigenvalue weighted by Gasteiger charge is -2.28. The number of rotatable bonds is 11. The van der Waals surface area contributed by atoms with Crippen LogP contribution < -0.4 is 16.4 Å². The topological polar surface area (TPSA) is 168 Å². The van der Waals surface area contributed by atoms with Gasteiger partial charge >= 0.3 is 11.9 Å². The predicted octanol–water partition coefficient (Wildman–Crippen LogP) is -0.275. The summed E-state index contributed by atoms with van der Waals surface area (Å²) in [6, 6.07) is 6.77. The number of nitrogens with one attached hydrogen (secondary N) is 2. The highest BCUT2D eigenvalue weighted by Gasteiger charge is 2.47. The molecule has 0 bridgehead atoms. The first-order valence-corrected chi connectivity index (χ1v) is 9.77. The van der Waals surface area contributed by atoms with Crippen molar-refractivity contribution in [2.75, 3.05) is 6.61 Å². The normalized spacial score (nSPS) is 15.3. The van der Waals surface area contributed by atoms with Crippen molar-refractivity contribution in [3.8, 4) is 0 Å². The fourth-order valence-electron chi connectivity index (χ4n) is 2.72. The standard InChI is InChI=1S/C21H31N3O7/c1-13(17(27)21(22,19(29)30)10-16(26)31-20(2,3)4)24-18(28)15(12-25)23-11-14-8-6-5-7-9-14/h5-9,13,15,23,25H,10-12,22H2,1-4H3,(H,24,28)(H,29,30). The lowest BCUT2D eigenvalue weighted by molar-refractivity contribution is -0.163. The van der Waals surface area contributed by atoms with E-state index in [1.54, 1.807) is 20.8 Å². The molecule has 0 fully saturated rings. The van der Waals surface area contributed by atoms with Gasteiger partial charge in [-0.05, 0) is 33.3 Å². The Hall–Kier alpha value is -2.82. The molecule has 0 radical (unpaired) electrons. The van der Waals surface area contributed by atoms with E-state index in [-0.39, 0.29) is 6.54 Å². The minimum atomic E-state index is -2.58. The molecular weight excluding hydrogens is 406 g/mol. The second kappa shape index (κ2) is 11.0. The molecule has 10 heteroatoms. The van der Waals surface area contributed by atoms with Crippen molar-refractivity contribution in [1.82, 2.24) is 10.6 Å². The molecule has 3 unspecified atom stereocenters. The van der Waals surface area contributed by atoms with Gasteiger partial charge in [-0.3, -0.25) is 19.7 Å². The number of amides is 1. The van der Waals surface area contributed by atoms with Crippen LogP contribution in [0, 0.1) is 0 Å². The van der Waals surface area contributed by atoms with Crippen molar-refractivity contribution in [2.24, 2.45) is 5.73 Å². The maximum atomic E-state index is 12.7. The van der Waals surface area contributed by atoms with Crippen LogP contribution in [0.1, 0.15) is 39.7 Å². The molecule has 6 N–H and O–H groups in total. The van der Waals surface area contributed by atoms with Crippen LogP contribution in [0.5, 0.6) is 0 Å². The Morgan fingerprint density at radius 1 is 1.13 bits per heavy atom. The third kappa shape index (κ3) is 8.08. The Morgan fingerprint density at radius 2 is 1.71 bits per heavy atom. The van der Waals surface area contributed by atoms with Crippen LogP contribution in [-0.4, -0.2) is 63.7 Å². The van der Waals surface area contributed by atoms with Crippen LogP contribution in [-0.2, 0) is 30.5 Å². The molecule has 0 aliphatic heterocycles. The van der Waals surface area contributed by atoms with Gasteiger partial charge in [0.1, 0.15) is 11.6 Å². The number of aliphatic hydroxyl groups excluding tert-OH is 1. The smallest absolute Gasteiger partial charge is 0.332 e.